The highest BCUT2D eigenvalue weighted by molar-refractivity contribution is 6.14. The lowest BCUT2D eigenvalue weighted by molar-refractivity contribution is -0.145. The van der Waals surface area contributed by atoms with E-state index in [1.54, 1.807) is 32.1 Å². The quantitative estimate of drug-likeness (QED) is 0.673. The van der Waals surface area contributed by atoms with Crippen LogP contribution in [0.25, 0.3) is 6.08 Å². The number of benzene rings is 1. The number of hydrogen-bond acceptors (Lipinski definition) is 5. The Labute approximate surface area is 122 Å². The number of rotatable bonds is 4. The van der Waals surface area contributed by atoms with Crippen molar-refractivity contribution in [1.82, 2.24) is 4.90 Å². The van der Waals surface area contributed by atoms with Gasteiger partial charge in [-0.25, -0.2) is 4.99 Å². The van der Waals surface area contributed by atoms with Crippen LogP contribution in [0, 0.1) is 0 Å². The summed E-state index contributed by atoms with van der Waals surface area (Å²) in [6.07, 6.45) is 1.61. The molecule has 0 saturated heterocycles. The van der Waals surface area contributed by atoms with Gasteiger partial charge in [-0.3, -0.25) is 14.5 Å². The van der Waals surface area contributed by atoms with Gasteiger partial charge in [0.15, 0.2) is 0 Å². The number of amides is 1. The molecule has 1 heterocycles. The van der Waals surface area contributed by atoms with Crippen molar-refractivity contribution in [3.8, 4) is 5.75 Å². The molecule has 0 spiro atoms. The average Bonchev–Trinajstić information content (AvgIpc) is 2.69. The van der Waals surface area contributed by atoms with E-state index in [4.69, 9.17) is 4.74 Å². The van der Waals surface area contributed by atoms with Gasteiger partial charge in [-0.05, 0) is 37.6 Å². The summed E-state index contributed by atoms with van der Waals surface area (Å²) in [5.74, 6) is -0.198. The highest BCUT2D eigenvalue weighted by Gasteiger charge is 2.29. The van der Waals surface area contributed by atoms with E-state index in [9.17, 15) is 14.7 Å². The number of phenolic OH excluding ortho intramolecular Hbond substituents is 1. The molecular formula is C15H16N2O4. The number of carbonyl (C=O) groups is 2. The molecule has 0 aromatic heterocycles. The number of aliphatic imine (C=N–C) groups is 1. The van der Waals surface area contributed by atoms with Crippen LogP contribution in [0.4, 0.5) is 0 Å². The van der Waals surface area contributed by atoms with Gasteiger partial charge in [-0.2, -0.15) is 0 Å². The van der Waals surface area contributed by atoms with Gasteiger partial charge in [0.2, 0.25) is 0 Å². The Morgan fingerprint density at radius 1 is 1.38 bits per heavy atom. The number of nitrogens with zero attached hydrogens (tertiary/aromatic N) is 2. The van der Waals surface area contributed by atoms with Crippen LogP contribution in [-0.2, 0) is 14.3 Å². The van der Waals surface area contributed by atoms with Gasteiger partial charge in [0, 0.05) is 0 Å². The van der Waals surface area contributed by atoms with Crippen molar-refractivity contribution in [2.45, 2.75) is 13.8 Å². The first-order valence-corrected chi connectivity index (χ1v) is 6.54. The first kappa shape index (κ1) is 14.8. The normalized spacial score (nSPS) is 16.3. The van der Waals surface area contributed by atoms with Crippen LogP contribution in [-0.4, -0.2) is 40.9 Å². The average molecular weight is 288 g/mol. The van der Waals surface area contributed by atoms with Crippen molar-refractivity contribution >= 4 is 23.8 Å². The third-order valence-corrected chi connectivity index (χ3v) is 2.93. The van der Waals surface area contributed by atoms with Crippen LogP contribution < -0.4 is 0 Å². The molecule has 1 aromatic carbocycles. The molecular weight excluding hydrogens is 272 g/mol. The fourth-order valence-corrected chi connectivity index (χ4v) is 1.91. The molecule has 0 unspecified atom stereocenters. The van der Waals surface area contributed by atoms with Crippen molar-refractivity contribution in [2.75, 3.05) is 13.2 Å². The molecule has 6 nitrogen and oxygen atoms in total. The van der Waals surface area contributed by atoms with Gasteiger partial charge in [0.05, 0.1) is 6.61 Å². The lowest BCUT2D eigenvalue weighted by Crippen LogP contribution is -2.36. The second kappa shape index (κ2) is 6.21. The van der Waals surface area contributed by atoms with Crippen molar-refractivity contribution < 1.29 is 19.4 Å². The third-order valence-electron chi connectivity index (χ3n) is 2.93. The predicted octanol–water partition coefficient (Wildman–Crippen LogP) is 1.56. The molecule has 1 aromatic rings. The minimum Gasteiger partial charge on any atom is -0.508 e. The molecule has 21 heavy (non-hydrogen) atoms. The summed E-state index contributed by atoms with van der Waals surface area (Å²) >= 11 is 0. The Hall–Kier alpha value is -2.63. The minimum absolute atomic E-state index is 0.144. The number of esters is 1. The van der Waals surface area contributed by atoms with Gasteiger partial charge in [-0.15, -0.1) is 0 Å². The number of amidine groups is 1. The van der Waals surface area contributed by atoms with Gasteiger partial charge < -0.3 is 9.84 Å². The van der Waals surface area contributed by atoms with E-state index in [-0.39, 0.29) is 30.5 Å². The van der Waals surface area contributed by atoms with E-state index < -0.39 is 5.97 Å². The van der Waals surface area contributed by atoms with Crippen LogP contribution in [0.5, 0.6) is 5.75 Å². The molecule has 1 amide bonds. The number of hydrogen-bond donors (Lipinski definition) is 1. The fourth-order valence-electron chi connectivity index (χ4n) is 1.91. The zero-order chi connectivity index (χ0) is 15.4. The van der Waals surface area contributed by atoms with E-state index in [1.165, 1.54) is 17.0 Å². The SMILES string of the molecule is CCOC(=O)CN1C(=O)/C(=C\c2ccc(O)cc2)N=C1C. The van der Waals surface area contributed by atoms with E-state index in [1.807, 2.05) is 0 Å². The van der Waals surface area contributed by atoms with Gasteiger partial charge in [0.25, 0.3) is 5.91 Å². The van der Waals surface area contributed by atoms with E-state index in [0.717, 1.165) is 5.56 Å². The summed E-state index contributed by atoms with van der Waals surface area (Å²) in [6, 6.07) is 6.40. The zero-order valence-electron chi connectivity index (χ0n) is 11.9. The molecule has 1 aliphatic rings. The summed E-state index contributed by atoms with van der Waals surface area (Å²) < 4.78 is 4.83. The van der Waals surface area contributed by atoms with E-state index >= 15 is 0 Å². The van der Waals surface area contributed by atoms with Crippen LogP contribution in [0.15, 0.2) is 35.0 Å². The Kier molecular flexibility index (Phi) is 4.37. The molecule has 110 valence electrons. The first-order valence-electron chi connectivity index (χ1n) is 6.54. The Balaban J connectivity index is 2.15. The summed E-state index contributed by atoms with van der Waals surface area (Å²) in [5, 5.41) is 9.23. The standard InChI is InChI=1S/C15H16N2O4/c1-3-21-14(19)9-17-10(2)16-13(15(17)20)8-11-4-6-12(18)7-5-11/h4-8,18H,3,9H2,1-2H3/b13-8+. The maximum absolute atomic E-state index is 12.2. The number of ether oxygens (including phenoxy) is 1. The molecule has 0 bridgehead atoms. The van der Waals surface area contributed by atoms with E-state index in [0.29, 0.717) is 5.84 Å². The van der Waals surface area contributed by atoms with E-state index in [2.05, 4.69) is 4.99 Å². The number of phenols is 1. The van der Waals surface area contributed by atoms with Crippen molar-refractivity contribution in [3.63, 3.8) is 0 Å². The molecule has 1 aliphatic heterocycles. The highest BCUT2D eigenvalue weighted by Crippen LogP contribution is 2.19. The van der Waals surface area contributed by atoms with Gasteiger partial charge in [-0.1, -0.05) is 12.1 Å². The topological polar surface area (TPSA) is 79.2 Å². The minimum atomic E-state index is -0.466. The van der Waals surface area contributed by atoms with Crippen LogP contribution >= 0.6 is 0 Å². The van der Waals surface area contributed by atoms with Crippen LogP contribution in [0.3, 0.4) is 0 Å². The number of aromatic hydroxyl groups is 1. The summed E-state index contributed by atoms with van der Waals surface area (Å²) in [6.45, 7) is 3.50. The lowest BCUT2D eigenvalue weighted by atomic mass is 10.2. The van der Waals surface area contributed by atoms with Crippen molar-refractivity contribution in [1.29, 1.82) is 0 Å². The first-order chi connectivity index (χ1) is 10.0. The van der Waals surface area contributed by atoms with Gasteiger partial charge in [0.1, 0.15) is 23.8 Å². The predicted molar refractivity (Wildman–Crippen MR) is 77.5 cm³/mol. The largest absolute Gasteiger partial charge is 0.508 e. The van der Waals surface area contributed by atoms with Crippen molar-refractivity contribution in [2.24, 2.45) is 4.99 Å². The summed E-state index contributed by atoms with van der Waals surface area (Å²) in [4.78, 5) is 29.1. The summed E-state index contributed by atoms with van der Waals surface area (Å²) in [7, 11) is 0. The molecule has 1 N–H and O–H groups in total. The number of carbonyl (C=O) groups excluding carboxylic acids is 2. The third kappa shape index (κ3) is 3.47. The Morgan fingerprint density at radius 3 is 2.67 bits per heavy atom. The Bertz CT molecular complexity index is 617. The second-order valence-electron chi connectivity index (χ2n) is 4.48. The molecule has 0 fully saturated rings. The molecule has 0 aliphatic carbocycles. The zero-order valence-corrected chi connectivity index (χ0v) is 11.9. The molecule has 0 radical (unpaired) electrons. The monoisotopic (exact) mass is 288 g/mol. The molecule has 0 atom stereocenters. The maximum atomic E-state index is 12.2. The second-order valence-corrected chi connectivity index (χ2v) is 4.48. The van der Waals surface area contributed by atoms with Gasteiger partial charge >= 0.3 is 5.97 Å². The van der Waals surface area contributed by atoms with Crippen LogP contribution in [0.1, 0.15) is 19.4 Å². The Morgan fingerprint density at radius 2 is 2.05 bits per heavy atom. The fraction of sp³-hybridized carbons (Fsp3) is 0.267. The lowest BCUT2D eigenvalue weighted by Gasteiger charge is -2.14. The molecule has 0 saturated carbocycles. The van der Waals surface area contributed by atoms with Crippen LogP contribution in [0.2, 0.25) is 0 Å². The smallest absolute Gasteiger partial charge is 0.326 e. The maximum Gasteiger partial charge on any atom is 0.326 e. The summed E-state index contributed by atoms with van der Waals surface area (Å²) in [5.41, 5.74) is 0.994. The highest BCUT2D eigenvalue weighted by atomic mass is 16.5. The van der Waals surface area contributed by atoms with Crippen molar-refractivity contribution in [3.05, 3.63) is 35.5 Å². The molecule has 2 rings (SSSR count). The molecule has 6 heteroatoms.